The second kappa shape index (κ2) is 7.00. The molecule has 0 radical (unpaired) electrons. The zero-order valence-electron chi connectivity index (χ0n) is 10.1. The largest absolute Gasteiger partial charge is 0.481 e. The number of carbonyl (C=O) groups is 1. The fourth-order valence-corrected chi connectivity index (χ4v) is 1.99. The van der Waals surface area contributed by atoms with Crippen molar-refractivity contribution in [3.05, 3.63) is 34.9 Å². The number of rotatable bonds is 6. The minimum Gasteiger partial charge on any atom is -0.481 e. The SMILES string of the molecule is CCN(CCC(=O)O)C(C#N)c1ccccc1Cl. The van der Waals surface area contributed by atoms with Gasteiger partial charge in [-0.2, -0.15) is 5.26 Å². The maximum Gasteiger partial charge on any atom is 0.304 e. The number of halogens is 1. The van der Waals surface area contributed by atoms with Gasteiger partial charge in [-0.05, 0) is 12.6 Å². The molecule has 1 N–H and O–H groups in total. The van der Waals surface area contributed by atoms with Gasteiger partial charge in [-0.25, -0.2) is 0 Å². The van der Waals surface area contributed by atoms with E-state index in [-0.39, 0.29) is 6.42 Å². The Morgan fingerprint density at radius 3 is 2.72 bits per heavy atom. The summed E-state index contributed by atoms with van der Waals surface area (Å²) in [5.74, 6) is -0.871. The van der Waals surface area contributed by atoms with E-state index in [1.807, 2.05) is 13.0 Å². The van der Waals surface area contributed by atoms with Crippen molar-refractivity contribution in [3.63, 3.8) is 0 Å². The van der Waals surface area contributed by atoms with E-state index in [4.69, 9.17) is 16.7 Å². The highest BCUT2D eigenvalue weighted by molar-refractivity contribution is 6.31. The van der Waals surface area contributed by atoms with Crippen LogP contribution in [0.5, 0.6) is 0 Å². The summed E-state index contributed by atoms with van der Waals surface area (Å²) in [7, 11) is 0. The second-order valence-electron chi connectivity index (χ2n) is 3.83. The van der Waals surface area contributed by atoms with Crippen LogP contribution in [0, 0.1) is 11.3 Å². The van der Waals surface area contributed by atoms with Gasteiger partial charge in [-0.3, -0.25) is 9.69 Å². The van der Waals surface area contributed by atoms with Crippen molar-refractivity contribution in [2.75, 3.05) is 13.1 Å². The van der Waals surface area contributed by atoms with Gasteiger partial charge in [0.1, 0.15) is 6.04 Å². The summed E-state index contributed by atoms with van der Waals surface area (Å²) >= 11 is 6.07. The molecule has 96 valence electrons. The van der Waals surface area contributed by atoms with Crippen LogP contribution in [0.2, 0.25) is 5.02 Å². The van der Waals surface area contributed by atoms with Crippen molar-refractivity contribution in [3.8, 4) is 6.07 Å². The highest BCUT2D eigenvalue weighted by Crippen LogP contribution is 2.26. The van der Waals surface area contributed by atoms with Crippen LogP contribution in [-0.2, 0) is 4.79 Å². The molecule has 0 saturated heterocycles. The fraction of sp³-hybridized carbons (Fsp3) is 0.385. The molecule has 0 aromatic heterocycles. The van der Waals surface area contributed by atoms with E-state index in [9.17, 15) is 10.1 Å². The van der Waals surface area contributed by atoms with Crippen LogP contribution < -0.4 is 0 Å². The molecule has 4 nitrogen and oxygen atoms in total. The number of nitrogens with zero attached hydrogens (tertiary/aromatic N) is 2. The highest BCUT2D eigenvalue weighted by Gasteiger charge is 2.21. The summed E-state index contributed by atoms with van der Waals surface area (Å²) in [5, 5.41) is 18.5. The first-order valence-electron chi connectivity index (χ1n) is 5.70. The van der Waals surface area contributed by atoms with Gasteiger partial charge >= 0.3 is 5.97 Å². The standard InChI is InChI=1S/C13H15ClN2O2/c1-2-16(8-7-13(17)18)12(9-15)10-5-3-4-6-11(10)14/h3-6,12H,2,7-8H2,1H3,(H,17,18). The Balaban J connectivity index is 2.91. The van der Waals surface area contributed by atoms with Crippen LogP contribution in [0.4, 0.5) is 0 Å². The second-order valence-corrected chi connectivity index (χ2v) is 4.23. The Morgan fingerprint density at radius 2 is 2.22 bits per heavy atom. The monoisotopic (exact) mass is 266 g/mol. The summed E-state index contributed by atoms with van der Waals surface area (Å²) in [6, 6.07) is 8.81. The predicted molar refractivity (Wildman–Crippen MR) is 69.3 cm³/mol. The smallest absolute Gasteiger partial charge is 0.304 e. The first kappa shape index (κ1) is 14.5. The molecule has 0 aliphatic rings. The van der Waals surface area contributed by atoms with Crippen molar-refractivity contribution in [1.82, 2.24) is 4.90 Å². The fourth-order valence-electron chi connectivity index (χ4n) is 1.75. The van der Waals surface area contributed by atoms with Gasteiger partial charge in [0.15, 0.2) is 0 Å². The molecule has 18 heavy (non-hydrogen) atoms. The third-order valence-corrected chi connectivity index (χ3v) is 3.05. The molecule has 0 saturated carbocycles. The molecule has 0 spiro atoms. The van der Waals surface area contributed by atoms with Crippen molar-refractivity contribution in [2.45, 2.75) is 19.4 Å². The van der Waals surface area contributed by atoms with Crippen LogP contribution >= 0.6 is 11.6 Å². The van der Waals surface area contributed by atoms with E-state index in [0.717, 1.165) is 0 Å². The third kappa shape index (κ3) is 3.73. The molecule has 1 atom stereocenters. The quantitative estimate of drug-likeness (QED) is 0.860. The zero-order chi connectivity index (χ0) is 13.5. The third-order valence-electron chi connectivity index (χ3n) is 2.71. The number of nitriles is 1. The van der Waals surface area contributed by atoms with Gasteiger partial charge in [-0.15, -0.1) is 0 Å². The molecular weight excluding hydrogens is 252 g/mol. The molecular formula is C13H15ClN2O2. The summed E-state index contributed by atoms with van der Waals surface area (Å²) in [5.41, 5.74) is 0.717. The van der Waals surface area contributed by atoms with Gasteiger partial charge in [0.2, 0.25) is 0 Å². The van der Waals surface area contributed by atoms with E-state index in [2.05, 4.69) is 6.07 Å². The van der Waals surface area contributed by atoms with Crippen molar-refractivity contribution < 1.29 is 9.90 Å². The lowest BCUT2D eigenvalue weighted by Gasteiger charge is -2.25. The Kier molecular flexibility index (Phi) is 5.63. The van der Waals surface area contributed by atoms with Gasteiger partial charge < -0.3 is 5.11 Å². The highest BCUT2D eigenvalue weighted by atomic mass is 35.5. The molecule has 0 heterocycles. The number of benzene rings is 1. The Bertz CT molecular complexity index is 457. The summed E-state index contributed by atoms with van der Waals surface area (Å²) < 4.78 is 0. The number of hydrogen-bond acceptors (Lipinski definition) is 3. The molecule has 0 fully saturated rings. The van der Waals surface area contributed by atoms with Gasteiger partial charge in [0.05, 0.1) is 12.5 Å². The molecule has 0 amide bonds. The molecule has 0 aliphatic carbocycles. The predicted octanol–water partition coefficient (Wildman–Crippen LogP) is 2.70. The van der Waals surface area contributed by atoms with Gasteiger partial charge in [0.25, 0.3) is 0 Å². The normalized spacial score (nSPS) is 12.1. The lowest BCUT2D eigenvalue weighted by Crippen LogP contribution is -2.30. The Labute approximate surface area is 111 Å². The number of aliphatic carboxylic acids is 1. The van der Waals surface area contributed by atoms with Crippen molar-refractivity contribution >= 4 is 17.6 Å². The Morgan fingerprint density at radius 1 is 1.56 bits per heavy atom. The van der Waals surface area contributed by atoms with Crippen LogP contribution in [-0.4, -0.2) is 29.1 Å². The molecule has 1 aromatic rings. The number of carboxylic acids is 1. The van der Waals surface area contributed by atoms with E-state index in [0.29, 0.717) is 23.7 Å². The average Bonchev–Trinajstić information content (AvgIpc) is 2.35. The van der Waals surface area contributed by atoms with Crippen LogP contribution in [0.3, 0.4) is 0 Å². The summed E-state index contributed by atoms with van der Waals surface area (Å²) in [6.45, 7) is 2.81. The molecule has 1 unspecified atom stereocenters. The maximum atomic E-state index is 10.6. The molecule has 1 rings (SSSR count). The number of carboxylic acid groups (broad SMARTS) is 1. The van der Waals surface area contributed by atoms with Gasteiger partial charge in [0, 0.05) is 17.1 Å². The van der Waals surface area contributed by atoms with E-state index in [1.54, 1.807) is 23.1 Å². The van der Waals surface area contributed by atoms with Crippen LogP contribution in [0.15, 0.2) is 24.3 Å². The molecule has 0 bridgehead atoms. The summed E-state index contributed by atoms with van der Waals surface area (Å²) in [6.07, 6.45) is 0.0104. The molecule has 5 heteroatoms. The Hall–Kier alpha value is -1.57. The van der Waals surface area contributed by atoms with Crippen molar-refractivity contribution in [2.24, 2.45) is 0 Å². The zero-order valence-corrected chi connectivity index (χ0v) is 10.9. The van der Waals surface area contributed by atoms with Gasteiger partial charge in [-0.1, -0.05) is 36.7 Å². The average molecular weight is 267 g/mol. The maximum absolute atomic E-state index is 10.6. The first-order valence-corrected chi connectivity index (χ1v) is 6.07. The number of hydrogen-bond donors (Lipinski definition) is 1. The topological polar surface area (TPSA) is 64.3 Å². The van der Waals surface area contributed by atoms with Crippen LogP contribution in [0.25, 0.3) is 0 Å². The minimum absolute atomic E-state index is 0.0104. The van der Waals surface area contributed by atoms with E-state index >= 15 is 0 Å². The molecule has 1 aromatic carbocycles. The van der Waals surface area contributed by atoms with Crippen molar-refractivity contribution in [1.29, 1.82) is 5.26 Å². The van der Waals surface area contributed by atoms with E-state index in [1.165, 1.54) is 0 Å². The first-order chi connectivity index (χ1) is 8.60. The molecule has 0 aliphatic heterocycles. The van der Waals surface area contributed by atoms with E-state index < -0.39 is 12.0 Å². The van der Waals surface area contributed by atoms with Crippen LogP contribution in [0.1, 0.15) is 24.9 Å². The lowest BCUT2D eigenvalue weighted by molar-refractivity contribution is -0.137. The summed E-state index contributed by atoms with van der Waals surface area (Å²) in [4.78, 5) is 12.4. The lowest BCUT2D eigenvalue weighted by atomic mass is 10.1. The minimum atomic E-state index is -0.871.